The van der Waals surface area contributed by atoms with Gasteiger partial charge in [0.15, 0.2) is 0 Å². The van der Waals surface area contributed by atoms with E-state index in [-0.39, 0.29) is 5.56 Å². The Bertz CT molecular complexity index is 961. The van der Waals surface area contributed by atoms with Crippen molar-refractivity contribution in [3.05, 3.63) is 65.5 Å². The number of halogens is 1. The summed E-state index contributed by atoms with van der Waals surface area (Å²) >= 11 is 6.38. The van der Waals surface area contributed by atoms with Gasteiger partial charge in [-0.05, 0) is 36.8 Å². The predicted octanol–water partition coefficient (Wildman–Crippen LogP) is 4.69. The van der Waals surface area contributed by atoms with Crippen LogP contribution >= 0.6 is 11.6 Å². The lowest BCUT2D eigenvalue weighted by Crippen LogP contribution is -2.18. The predicted molar refractivity (Wildman–Crippen MR) is 104 cm³/mol. The Morgan fingerprint density at radius 3 is 2.69 bits per heavy atom. The zero-order chi connectivity index (χ0) is 18.7. The number of H-pyrrole nitrogens is 1. The molecule has 134 valence electrons. The Morgan fingerprint density at radius 1 is 1.31 bits per heavy atom. The van der Waals surface area contributed by atoms with E-state index in [0.29, 0.717) is 29.1 Å². The van der Waals surface area contributed by atoms with Gasteiger partial charge in [0.25, 0.3) is 0 Å². The van der Waals surface area contributed by atoms with Gasteiger partial charge in [-0.3, -0.25) is 0 Å². The van der Waals surface area contributed by atoms with Gasteiger partial charge in [-0.1, -0.05) is 30.3 Å². The van der Waals surface area contributed by atoms with Gasteiger partial charge in [0.1, 0.15) is 12.4 Å². The first-order valence-electron chi connectivity index (χ1n) is 8.12. The van der Waals surface area contributed by atoms with E-state index in [1.165, 1.54) is 6.20 Å². The first kappa shape index (κ1) is 17.9. The molecule has 0 aliphatic rings. The normalized spacial score (nSPS) is 10.7. The molecule has 26 heavy (non-hydrogen) atoms. The van der Waals surface area contributed by atoms with Crippen LogP contribution in [-0.4, -0.2) is 29.2 Å². The first-order valence-corrected chi connectivity index (χ1v) is 8.50. The summed E-state index contributed by atoms with van der Waals surface area (Å²) in [7, 11) is 0. The highest BCUT2D eigenvalue weighted by molar-refractivity contribution is 6.34. The number of aromatic carboxylic acids is 1. The minimum atomic E-state index is -0.975. The average Bonchev–Trinajstić information content (AvgIpc) is 3.01. The number of carboxylic acids is 1. The van der Waals surface area contributed by atoms with Crippen LogP contribution < -0.4 is 10.1 Å². The molecule has 3 N–H and O–H groups in total. The summed E-state index contributed by atoms with van der Waals surface area (Å²) in [5.41, 5.74) is 3.49. The zero-order valence-corrected chi connectivity index (χ0v) is 15.1. The van der Waals surface area contributed by atoms with Crippen LogP contribution in [0.25, 0.3) is 22.0 Å². The van der Waals surface area contributed by atoms with Gasteiger partial charge in [-0.25, -0.2) is 4.79 Å². The van der Waals surface area contributed by atoms with Crippen LogP contribution in [0.3, 0.4) is 0 Å². The summed E-state index contributed by atoms with van der Waals surface area (Å²) in [5.74, 6) is -0.223. The summed E-state index contributed by atoms with van der Waals surface area (Å²) in [6, 6.07) is 11.1. The van der Waals surface area contributed by atoms with E-state index in [1.807, 2.05) is 31.2 Å². The third-order valence-corrected chi connectivity index (χ3v) is 4.28. The maximum absolute atomic E-state index is 11.3. The summed E-state index contributed by atoms with van der Waals surface area (Å²) in [6.07, 6.45) is 1.48. The Balaban J connectivity index is 1.82. The molecule has 2 aromatic carbocycles. The summed E-state index contributed by atoms with van der Waals surface area (Å²) in [4.78, 5) is 14.3. The largest absolute Gasteiger partial charge is 0.492 e. The number of ether oxygens (including phenoxy) is 1. The van der Waals surface area contributed by atoms with E-state index < -0.39 is 5.97 Å². The summed E-state index contributed by atoms with van der Waals surface area (Å²) < 4.78 is 5.67. The number of aromatic amines is 1. The number of benzene rings is 2. The lowest BCUT2D eigenvalue weighted by Gasteiger charge is -2.10. The molecular formula is C20H19ClN2O3. The summed E-state index contributed by atoms with van der Waals surface area (Å²) in [6.45, 7) is 6.89. The van der Waals surface area contributed by atoms with Crippen LogP contribution in [-0.2, 0) is 0 Å². The number of rotatable bonds is 7. The van der Waals surface area contributed by atoms with Gasteiger partial charge < -0.3 is 20.1 Å². The third kappa shape index (κ3) is 3.83. The van der Waals surface area contributed by atoms with Crippen molar-refractivity contribution >= 4 is 28.5 Å². The van der Waals surface area contributed by atoms with Gasteiger partial charge in [-0.2, -0.15) is 0 Å². The number of fused-ring (bicyclic) bond motifs is 1. The lowest BCUT2D eigenvalue weighted by molar-refractivity contribution is 0.0699. The number of hydrogen-bond donors (Lipinski definition) is 3. The molecule has 0 aliphatic heterocycles. The molecule has 3 aromatic rings. The smallest absolute Gasteiger partial charge is 0.337 e. The quantitative estimate of drug-likeness (QED) is 0.527. The van der Waals surface area contributed by atoms with Crippen molar-refractivity contribution < 1.29 is 14.6 Å². The maximum Gasteiger partial charge on any atom is 0.337 e. The second kappa shape index (κ2) is 7.54. The van der Waals surface area contributed by atoms with Crippen molar-refractivity contribution in [2.24, 2.45) is 0 Å². The molecule has 0 radical (unpaired) electrons. The number of carbonyl (C=O) groups is 1. The molecule has 3 rings (SSSR count). The van der Waals surface area contributed by atoms with Crippen molar-refractivity contribution in [1.29, 1.82) is 0 Å². The Labute approximate surface area is 156 Å². The van der Waals surface area contributed by atoms with Gasteiger partial charge in [-0.15, -0.1) is 0 Å². The molecule has 0 fully saturated rings. The Kier molecular flexibility index (Phi) is 5.19. The van der Waals surface area contributed by atoms with Crippen molar-refractivity contribution in [3.63, 3.8) is 0 Å². The van der Waals surface area contributed by atoms with Crippen molar-refractivity contribution in [1.82, 2.24) is 10.3 Å². The maximum atomic E-state index is 11.3. The number of allylic oxidation sites excluding steroid dienone is 1. The second-order valence-electron chi connectivity index (χ2n) is 5.97. The number of hydrogen-bond acceptors (Lipinski definition) is 3. The fraction of sp³-hybridized carbons (Fsp3) is 0.150. The van der Waals surface area contributed by atoms with E-state index in [0.717, 1.165) is 22.6 Å². The molecule has 6 heteroatoms. The fourth-order valence-corrected chi connectivity index (χ4v) is 2.98. The minimum absolute atomic E-state index is 0.225. The van der Waals surface area contributed by atoms with E-state index in [2.05, 4.69) is 16.9 Å². The van der Waals surface area contributed by atoms with E-state index in [1.54, 1.807) is 12.1 Å². The minimum Gasteiger partial charge on any atom is -0.492 e. The molecule has 1 aromatic heterocycles. The van der Waals surface area contributed by atoms with Gasteiger partial charge in [0, 0.05) is 34.9 Å². The van der Waals surface area contributed by atoms with Crippen LogP contribution in [0.15, 0.2) is 54.9 Å². The molecule has 5 nitrogen and oxygen atoms in total. The van der Waals surface area contributed by atoms with E-state index in [4.69, 9.17) is 16.3 Å². The Hall–Kier alpha value is -2.92. The number of aromatic nitrogens is 1. The van der Waals surface area contributed by atoms with Gasteiger partial charge in [0.05, 0.1) is 10.6 Å². The standard InChI is InChI=1S/C20H19ClN2O3/c1-12(2)22-7-8-26-14-5-3-13(4-6-14)15-9-16-17(20(24)25)11-23-19(16)10-18(15)21/h3-6,9-11,22-23H,1,7-8H2,2H3,(H,24,25). The highest BCUT2D eigenvalue weighted by Gasteiger charge is 2.14. The molecule has 0 spiro atoms. The van der Waals surface area contributed by atoms with Crippen LogP contribution in [0.1, 0.15) is 17.3 Å². The third-order valence-electron chi connectivity index (χ3n) is 3.96. The second-order valence-corrected chi connectivity index (χ2v) is 6.37. The van der Waals surface area contributed by atoms with E-state index >= 15 is 0 Å². The molecule has 0 aliphatic carbocycles. The number of nitrogens with one attached hydrogen (secondary N) is 2. The molecule has 0 atom stereocenters. The molecular weight excluding hydrogens is 352 g/mol. The SMILES string of the molecule is C=C(C)NCCOc1ccc(-c2cc3c(C(=O)O)c[nH]c3cc2Cl)cc1. The Morgan fingerprint density at radius 2 is 2.04 bits per heavy atom. The molecule has 0 saturated carbocycles. The molecule has 0 unspecified atom stereocenters. The van der Waals surface area contributed by atoms with Crippen molar-refractivity contribution in [2.75, 3.05) is 13.2 Å². The first-order chi connectivity index (χ1) is 12.5. The monoisotopic (exact) mass is 370 g/mol. The van der Waals surface area contributed by atoms with Crippen LogP contribution in [0.2, 0.25) is 5.02 Å². The highest BCUT2D eigenvalue weighted by atomic mass is 35.5. The average molecular weight is 371 g/mol. The number of carboxylic acid groups (broad SMARTS) is 1. The topological polar surface area (TPSA) is 74.3 Å². The van der Waals surface area contributed by atoms with Crippen LogP contribution in [0.5, 0.6) is 5.75 Å². The van der Waals surface area contributed by atoms with Crippen molar-refractivity contribution in [3.8, 4) is 16.9 Å². The van der Waals surface area contributed by atoms with Crippen LogP contribution in [0, 0.1) is 0 Å². The van der Waals surface area contributed by atoms with Crippen LogP contribution in [0.4, 0.5) is 0 Å². The molecule has 0 amide bonds. The molecule has 0 bridgehead atoms. The van der Waals surface area contributed by atoms with Gasteiger partial charge >= 0.3 is 5.97 Å². The fourth-order valence-electron chi connectivity index (χ4n) is 2.71. The van der Waals surface area contributed by atoms with Crippen molar-refractivity contribution in [2.45, 2.75) is 6.92 Å². The zero-order valence-electron chi connectivity index (χ0n) is 14.3. The lowest BCUT2D eigenvalue weighted by atomic mass is 10.0. The highest BCUT2D eigenvalue weighted by Crippen LogP contribution is 2.34. The molecule has 1 heterocycles. The molecule has 0 saturated heterocycles. The van der Waals surface area contributed by atoms with Gasteiger partial charge in [0.2, 0.25) is 0 Å². The van der Waals surface area contributed by atoms with E-state index in [9.17, 15) is 9.90 Å². The summed E-state index contributed by atoms with van der Waals surface area (Å²) in [5, 5.41) is 13.6.